The molecule has 7 nitrogen and oxygen atoms in total. The topological polar surface area (TPSA) is 89.6 Å². The van der Waals surface area contributed by atoms with E-state index in [1.54, 1.807) is 4.68 Å². The minimum absolute atomic E-state index is 0.519. The molecule has 0 aliphatic rings. The summed E-state index contributed by atoms with van der Waals surface area (Å²) in [6, 6.07) is 5.99. The van der Waals surface area contributed by atoms with Crippen LogP contribution >= 0.6 is 0 Å². The number of fused-ring (bicyclic) bond motifs is 1. The third kappa shape index (κ3) is 1.90. The van der Waals surface area contributed by atoms with Crippen molar-refractivity contribution in [1.82, 2.24) is 25.1 Å². The Bertz CT molecular complexity index is 739. The fourth-order valence-corrected chi connectivity index (χ4v) is 1.87. The molecule has 1 N–H and O–H groups in total. The van der Waals surface area contributed by atoms with E-state index in [0.717, 1.165) is 23.0 Å². The van der Waals surface area contributed by atoms with Crippen molar-refractivity contribution in [1.29, 1.82) is 0 Å². The number of H-pyrrole nitrogens is 1. The molecule has 0 aliphatic carbocycles. The highest BCUT2D eigenvalue weighted by molar-refractivity contribution is 5.74. The van der Waals surface area contributed by atoms with E-state index < -0.39 is 5.76 Å². The first-order chi connectivity index (χ1) is 8.72. The highest BCUT2D eigenvalue weighted by atomic mass is 16.5. The molecule has 7 heteroatoms. The summed E-state index contributed by atoms with van der Waals surface area (Å²) in [5, 5.41) is 11.6. The van der Waals surface area contributed by atoms with Gasteiger partial charge in [-0.2, -0.15) is 0 Å². The molecule has 0 fully saturated rings. The molecule has 0 amide bonds. The fraction of sp³-hybridized carbons (Fsp3) is 0.273. The lowest BCUT2D eigenvalue weighted by Crippen LogP contribution is -1.99. The summed E-state index contributed by atoms with van der Waals surface area (Å²) in [7, 11) is 1.86. The maximum atomic E-state index is 10.8. The first-order valence-electron chi connectivity index (χ1n) is 5.55. The summed E-state index contributed by atoms with van der Waals surface area (Å²) >= 11 is 0. The summed E-state index contributed by atoms with van der Waals surface area (Å²) in [4.78, 5) is 13.3. The monoisotopic (exact) mass is 245 g/mol. The maximum Gasteiger partial charge on any atom is 0.438 e. The van der Waals surface area contributed by atoms with E-state index >= 15 is 0 Å². The van der Waals surface area contributed by atoms with Crippen LogP contribution in [0.5, 0.6) is 0 Å². The van der Waals surface area contributed by atoms with Crippen molar-refractivity contribution < 1.29 is 4.52 Å². The average Bonchev–Trinajstić information content (AvgIpc) is 2.94. The smallest absolute Gasteiger partial charge is 0.296 e. The van der Waals surface area contributed by atoms with Crippen LogP contribution in [0.25, 0.3) is 11.0 Å². The molecule has 2 heterocycles. The van der Waals surface area contributed by atoms with Gasteiger partial charge in [0.1, 0.15) is 5.52 Å². The van der Waals surface area contributed by atoms with E-state index in [1.165, 1.54) is 0 Å². The Morgan fingerprint density at radius 1 is 1.39 bits per heavy atom. The third-order valence-corrected chi connectivity index (χ3v) is 2.81. The number of aromatic amines is 1. The van der Waals surface area contributed by atoms with Gasteiger partial charge in [-0.3, -0.25) is 9.51 Å². The number of aryl methyl sites for hydroxylation is 3. The van der Waals surface area contributed by atoms with Crippen molar-refractivity contribution >= 4 is 11.0 Å². The Kier molecular flexibility index (Phi) is 2.44. The van der Waals surface area contributed by atoms with Gasteiger partial charge in [0.05, 0.1) is 5.52 Å². The molecule has 1 aromatic carbocycles. The molecule has 3 rings (SSSR count). The number of aromatic nitrogens is 5. The van der Waals surface area contributed by atoms with Gasteiger partial charge in [-0.15, -0.1) is 5.10 Å². The Balaban J connectivity index is 1.80. The fourth-order valence-electron chi connectivity index (χ4n) is 1.87. The van der Waals surface area contributed by atoms with Crippen molar-refractivity contribution in [3.8, 4) is 0 Å². The van der Waals surface area contributed by atoms with Gasteiger partial charge < -0.3 is 0 Å². The zero-order valence-electron chi connectivity index (χ0n) is 9.75. The maximum absolute atomic E-state index is 10.8. The SMILES string of the molecule is Cn1nnc2cc(CCc3noc(=O)[nH]3)ccc21. The first-order valence-corrected chi connectivity index (χ1v) is 5.55. The second-order valence-corrected chi connectivity index (χ2v) is 4.08. The highest BCUT2D eigenvalue weighted by Gasteiger charge is 2.04. The third-order valence-electron chi connectivity index (χ3n) is 2.81. The Morgan fingerprint density at radius 3 is 3.06 bits per heavy atom. The molecule has 18 heavy (non-hydrogen) atoms. The molecule has 3 aromatic rings. The van der Waals surface area contributed by atoms with Gasteiger partial charge in [0.15, 0.2) is 5.82 Å². The van der Waals surface area contributed by atoms with Gasteiger partial charge in [-0.1, -0.05) is 16.4 Å². The van der Waals surface area contributed by atoms with E-state index in [-0.39, 0.29) is 0 Å². The molecule has 92 valence electrons. The van der Waals surface area contributed by atoms with Crippen LogP contribution in [0, 0.1) is 0 Å². The van der Waals surface area contributed by atoms with E-state index in [0.29, 0.717) is 12.2 Å². The van der Waals surface area contributed by atoms with Crippen LogP contribution in [0.1, 0.15) is 11.4 Å². The second kappa shape index (κ2) is 4.10. The lowest BCUT2D eigenvalue weighted by Gasteiger charge is -1.99. The summed E-state index contributed by atoms with van der Waals surface area (Å²) < 4.78 is 6.17. The van der Waals surface area contributed by atoms with Gasteiger partial charge in [0, 0.05) is 13.5 Å². The number of benzene rings is 1. The first kappa shape index (κ1) is 10.7. The zero-order chi connectivity index (χ0) is 12.5. The van der Waals surface area contributed by atoms with E-state index in [1.807, 2.05) is 25.2 Å². The molecule has 0 saturated carbocycles. The number of nitrogens with one attached hydrogen (secondary N) is 1. The van der Waals surface area contributed by atoms with Crippen LogP contribution < -0.4 is 5.76 Å². The zero-order valence-corrected chi connectivity index (χ0v) is 9.75. The Labute approximate surface area is 101 Å². The van der Waals surface area contributed by atoms with Crippen LogP contribution in [-0.4, -0.2) is 25.1 Å². The minimum atomic E-state index is -0.519. The molecular weight excluding hydrogens is 234 g/mol. The van der Waals surface area contributed by atoms with Gasteiger partial charge in [-0.05, 0) is 24.1 Å². The molecule has 0 atom stereocenters. The molecule has 0 unspecified atom stereocenters. The van der Waals surface area contributed by atoms with E-state index in [9.17, 15) is 4.79 Å². The molecule has 0 radical (unpaired) electrons. The summed E-state index contributed by atoms with van der Waals surface area (Å²) in [6.45, 7) is 0. The molecule has 2 aromatic heterocycles. The van der Waals surface area contributed by atoms with E-state index in [2.05, 4.69) is 25.0 Å². The minimum Gasteiger partial charge on any atom is -0.296 e. The van der Waals surface area contributed by atoms with Crippen molar-refractivity contribution in [2.45, 2.75) is 12.8 Å². The summed E-state index contributed by atoms with van der Waals surface area (Å²) in [5.41, 5.74) is 2.98. The summed E-state index contributed by atoms with van der Waals surface area (Å²) in [6.07, 6.45) is 1.38. The number of nitrogens with zero attached hydrogens (tertiary/aromatic N) is 4. The lowest BCUT2D eigenvalue weighted by molar-refractivity contribution is 0.381. The quantitative estimate of drug-likeness (QED) is 0.722. The van der Waals surface area contributed by atoms with Crippen LogP contribution in [-0.2, 0) is 19.9 Å². The normalized spacial score (nSPS) is 11.2. The highest BCUT2D eigenvalue weighted by Crippen LogP contribution is 2.13. The Morgan fingerprint density at radius 2 is 2.28 bits per heavy atom. The van der Waals surface area contributed by atoms with Crippen molar-refractivity contribution in [2.24, 2.45) is 7.05 Å². The largest absolute Gasteiger partial charge is 0.438 e. The van der Waals surface area contributed by atoms with Crippen molar-refractivity contribution in [3.05, 3.63) is 40.1 Å². The molecule has 0 spiro atoms. The molecular formula is C11H11N5O2. The number of hydrogen-bond donors (Lipinski definition) is 1. The number of hydrogen-bond acceptors (Lipinski definition) is 5. The van der Waals surface area contributed by atoms with Crippen LogP contribution in [0.15, 0.2) is 27.5 Å². The van der Waals surface area contributed by atoms with Gasteiger partial charge in [0.2, 0.25) is 0 Å². The van der Waals surface area contributed by atoms with Crippen LogP contribution in [0.2, 0.25) is 0 Å². The predicted octanol–water partition coefficient (Wildman–Crippen LogP) is 0.430. The average molecular weight is 245 g/mol. The molecule has 0 saturated heterocycles. The van der Waals surface area contributed by atoms with Crippen molar-refractivity contribution in [3.63, 3.8) is 0 Å². The number of rotatable bonds is 3. The van der Waals surface area contributed by atoms with Gasteiger partial charge >= 0.3 is 5.76 Å². The van der Waals surface area contributed by atoms with Gasteiger partial charge in [-0.25, -0.2) is 9.48 Å². The molecule has 0 bridgehead atoms. The van der Waals surface area contributed by atoms with Gasteiger partial charge in [0.25, 0.3) is 0 Å². The lowest BCUT2D eigenvalue weighted by atomic mass is 10.1. The summed E-state index contributed by atoms with van der Waals surface area (Å²) in [5.74, 6) is 0.0358. The van der Waals surface area contributed by atoms with E-state index in [4.69, 9.17) is 0 Å². The predicted molar refractivity (Wildman–Crippen MR) is 63.0 cm³/mol. The standard InChI is InChI=1S/C11H11N5O2/c1-16-9-4-2-7(6-8(9)13-15-16)3-5-10-12-11(17)18-14-10/h2,4,6H,3,5H2,1H3,(H,12,14,17). The second-order valence-electron chi connectivity index (χ2n) is 4.08. The van der Waals surface area contributed by atoms with Crippen molar-refractivity contribution in [2.75, 3.05) is 0 Å². The van der Waals surface area contributed by atoms with Crippen LogP contribution in [0.3, 0.4) is 0 Å². The molecule has 0 aliphatic heterocycles. The Hall–Kier alpha value is -2.44. The van der Waals surface area contributed by atoms with Crippen LogP contribution in [0.4, 0.5) is 0 Å².